The third kappa shape index (κ3) is 6.09. The summed E-state index contributed by atoms with van der Waals surface area (Å²) < 4.78 is 17.9. The van der Waals surface area contributed by atoms with Crippen LogP contribution in [0.5, 0.6) is 0 Å². The zero-order valence-electron chi connectivity index (χ0n) is 4.00. The Morgan fingerprint density at radius 3 is 2.71 bits per heavy atom. The van der Waals surface area contributed by atoms with Crippen molar-refractivity contribution in [2.45, 2.75) is 13.2 Å². The van der Waals surface area contributed by atoms with E-state index < -0.39 is 10.0 Å². The fourth-order valence-corrected chi connectivity index (χ4v) is 1.24. The van der Waals surface area contributed by atoms with Crippen molar-refractivity contribution >= 4 is 23.9 Å². The molecule has 0 heterocycles. The molecule has 38 valence electrons. The van der Waals surface area contributed by atoms with E-state index in [-0.39, 0.29) is 0 Å². The van der Waals surface area contributed by atoms with Gasteiger partial charge in [0.05, 0.1) is 0 Å². The summed E-state index contributed by atoms with van der Waals surface area (Å²) in [4.78, 5) is 0. The van der Waals surface area contributed by atoms with Crippen LogP contribution >= 0.6 is 7.27 Å². The molecule has 0 unspecified atom stereocenters. The summed E-state index contributed by atoms with van der Waals surface area (Å²) in [5, 5.41) is 0. The van der Waals surface area contributed by atoms with E-state index in [9.17, 15) is 4.21 Å². The van der Waals surface area contributed by atoms with Gasteiger partial charge in [0.25, 0.3) is 0 Å². The third-order valence-electron chi connectivity index (χ3n) is 0.347. The van der Waals surface area contributed by atoms with Gasteiger partial charge in [-0.25, -0.2) is 0 Å². The third-order valence-corrected chi connectivity index (χ3v) is 2.03. The summed E-state index contributed by atoms with van der Waals surface area (Å²) in [7, 11) is -1.14. The molecule has 0 atom stereocenters. The average Bonchev–Trinajstić information content (AvgIpc) is 1.61. The molecule has 0 N–H and O–H groups in total. The molecule has 0 aliphatic rings. The molecule has 0 rings (SSSR count). The molecule has 0 saturated heterocycles. The summed E-state index contributed by atoms with van der Waals surface area (Å²) in [5.74, 6) is 0. The molecular formula is C2H5BNOPS. The number of hydrogen-bond donors (Lipinski definition) is 0. The van der Waals surface area contributed by atoms with Gasteiger partial charge in [0.2, 0.25) is 0 Å². The van der Waals surface area contributed by atoms with Crippen molar-refractivity contribution in [2.75, 3.05) is 0 Å². The quantitative estimate of drug-likeness (QED) is 0.397. The van der Waals surface area contributed by atoms with Gasteiger partial charge in [-0.3, -0.25) is 0 Å². The van der Waals surface area contributed by atoms with Crippen LogP contribution in [-0.4, -0.2) is 10.8 Å². The van der Waals surface area contributed by atoms with Gasteiger partial charge in [-0.15, -0.1) is 0 Å². The molecule has 0 saturated carbocycles. The van der Waals surface area contributed by atoms with E-state index in [0.717, 1.165) is 6.32 Å². The van der Waals surface area contributed by atoms with Crippen LogP contribution in [0, 0.1) is 4.61 Å². The van der Waals surface area contributed by atoms with E-state index in [1.807, 2.05) is 6.92 Å². The second-order valence-electron chi connectivity index (χ2n) is 0.927. The first-order valence-corrected chi connectivity index (χ1v) is 4.58. The molecule has 0 aliphatic heterocycles. The molecular weight excluding hydrogens is 128 g/mol. The van der Waals surface area contributed by atoms with E-state index in [4.69, 9.17) is 4.61 Å². The van der Waals surface area contributed by atoms with Crippen molar-refractivity contribution in [3.63, 3.8) is 0 Å². The van der Waals surface area contributed by atoms with Crippen LogP contribution in [0.4, 0.5) is 0 Å². The Balaban J connectivity index is 3.55. The summed E-state index contributed by atoms with van der Waals surface area (Å²) in [6, 6.07) is 0. The van der Waals surface area contributed by atoms with Crippen molar-refractivity contribution < 1.29 is 4.21 Å². The fourth-order valence-electron chi connectivity index (χ4n) is 0.138. The normalized spacial score (nSPS) is 8.57. The van der Waals surface area contributed by atoms with E-state index in [1.54, 1.807) is 6.62 Å². The van der Waals surface area contributed by atoms with Crippen LogP contribution < -0.4 is 0 Å². The molecule has 0 aliphatic carbocycles. The maximum atomic E-state index is 9.83. The van der Waals surface area contributed by atoms with Crippen molar-refractivity contribution in [1.82, 2.24) is 0 Å². The Kier molecular flexibility index (Phi) is 4.32. The number of nitrogens with zero attached hydrogens (tertiary/aromatic N) is 1. The van der Waals surface area contributed by atoms with Crippen LogP contribution in [0.2, 0.25) is 6.32 Å². The molecule has 0 bridgehead atoms. The summed E-state index contributed by atoms with van der Waals surface area (Å²) in [5.41, 5.74) is 0. The van der Waals surface area contributed by atoms with Crippen LogP contribution in [0.1, 0.15) is 6.92 Å². The Labute approximate surface area is 46.7 Å². The fraction of sp³-hybridized carbons (Fsp3) is 1.00. The Bertz CT molecular complexity index is 171. The summed E-state index contributed by atoms with van der Waals surface area (Å²) in [6.07, 6.45) is 0.855. The Hall–Kier alpha value is 0.0949. The monoisotopic (exact) mass is 133 g/mol. The van der Waals surface area contributed by atoms with Gasteiger partial charge < -0.3 is 0 Å². The molecule has 0 amide bonds. The van der Waals surface area contributed by atoms with Gasteiger partial charge in [-0.05, 0) is 0 Å². The average molecular weight is 133 g/mol. The summed E-state index contributed by atoms with van der Waals surface area (Å²) >= 11 is 0. The van der Waals surface area contributed by atoms with Crippen molar-refractivity contribution in [2.24, 2.45) is 0 Å². The summed E-state index contributed by atoms with van der Waals surface area (Å²) in [6.45, 7) is 3.68. The van der Waals surface area contributed by atoms with Crippen LogP contribution in [0.3, 0.4) is 0 Å². The van der Waals surface area contributed by atoms with Gasteiger partial charge in [0.1, 0.15) is 0 Å². The molecule has 5 heteroatoms. The molecule has 7 heavy (non-hydrogen) atoms. The van der Waals surface area contributed by atoms with E-state index >= 15 is 0 Å². The standard InChI is InChI=1S/C2H5BNOPS/c1-2-3-6-7(4)5/h2H2,1H3. The predicted octanol–water partition coefficient (Wildman–Crippen LogP) is 1.13. The number of rotatable bonds is 1. The molecule has 0 aromatic heterocycles. The van der Waals surface area contributed by atoms with Gasteiger partial charge in [-0.1, -0.05) is 0 Å². The Morgan fingerprint density at radius 1 is 2.00 bits per heavy atom. The molecule has 2 nitrogen and oxygen atoms in total. The van der Waals surface area contributed by atoms with E-state index in [2.05, 4.69) is 0 Å². The first kappa shape index (κ1) is 7.09. The second kappa shape index (κ2) is 4.26. The first-order chi connectivity index (χ1) is 3.27. The van der Waals surface area contributed by atoms with Crippen LogP contribution in [0.15, 0.2) is 0 Å². The van der Waals surface area contributed by atoms with Crippen LogP contribution in [-0.2, 0) is 10.0 Å². The topological polar surface area (TPSA) is 40.9 Å². The van der Waals surface area contributed by atoms with Crippen molar-refractivity contribution in [1.29, 1.82) is 4.61 Å². The van der Waals surface area contributed by atoms with Gasteiger partial charge >= 0.3 is 46.0 Å². The predicted molar refractivity (Wildman–Crippen MR) is 33.0 cm³/mol. The zero-order chi connectivity index (χ0) is 5.70. The van der Waals surface area contributed by atoms with Crippen molar-refractivity contribution in [3.05, 3.63) is 0 Å². The van der Waals surface area contributed by atoms with Gasteiger partial charge in [0, 0.05) is 0 Å². The van der Waals surface area contributed by atoms with Gasteiger partial charge in [-0.2, -0.15) is 0 Å². The molecule has 0 fully saturated rings. The molecule has 0 aromatic carbocycles. The molecule has 0 radical (unpaired) electrons. The minimum atomic E-state index is -1.65. The van der Waals surface area contributed by atoms with E-state index in [0.29, 0.717) is 7.27 Å². The zero-order valence-corrected chi connectivity index (χ0v) is 5.71. The van der Waals surface area contributed by atoms with E-state index in [1.165, 1.54) is 0 Å². The number of hydrogen-bond acceptors (Lipinski definition) is 2. The Morgan fingerprint density at radius 2 is 2.57 bits per heavy atom. The molecule has 0 aromatic rings. The van der Waals surface area contributed by atoms with Gasteiger partial charge in [0.15, 0.2) is 0 Å². The first-order valence-electron chi connectivity index (χ1n) is 1.91. The maximum absolute atomic E-state index is 9.83. The minimum absolute atomic E-state index is 0.513. The van der Waals surface area contributed by atoms with Crippen LogP contribution in [0.25, 0.3) is 0 Å². The van der Waals surface area contributed by atoms with Crippen molar-refractivity contribution in [3.8, 4) is 0 Å². The molecule has 0 spiro atoms. The SMILES string of the molecule is CCB=PS(#N)=O. The second-order valence-corrected chi connectivity index (χ2v) is 3.53.